The number of rotatable bonds is 2. The molecule has 0 saturated carbocycles. The van der Waals surface area contributed by atoms with E-state index in [9.17, 15) is 9.18 Å². The fourth-order valence-corrected chi connectivity index (χ4v) is 2.57. The minimum absolute atomic E-state index is 0.0175. The van der Waals surface area contributed by atoms with Crippen molar-refractivity contribution >= 4 is 21.9 Å². The summed E-state index contributed by atoms with van der Waals surface area (Å²) >= 11 is 3.29. The molecule has 3 nitrogen and oxygen atoms in total. The first kappa shape index (κ1) is 11.5. The molecule has 1 fully saturated rings. The number of nitrogens with one attached hydrogen (secondary N) is 1. The van der Waals surface area contributed by atoms with Crippen LogP contribution in [-0.4, -0.2) is 17.6 Å². The molecule has 5 heteroatoms. The van der Waals surface area contributed by atoms with Gasteiger partial charge in [-0.1, -0.05) is 22.0 Å². The molecule has 2 unspecified atom stereocenters. The van der Waals surface area contributed by atoms with Gasteiger partial charge in [-0.3, -0.25) is 4.79 Å². The van der Waals surface area contributed by atoms with Gasteiger partial charge in [-0.15, -0.1) is 0 Å². The lowest BCUT2D eigenvalue weighted by atomic mass is 10.0. The first-order chi connectivity index (χ1) is 7.58. The van der Waals surface area contributed by atoms with E-state index in [0.29, 0.717) is 17.4 Å². The van der Waals surface area contributed by atoms with Gasteiger partial charge in [-0.05, 0) is 24.1 Å². The largest absolute Gasteiger partial charge is 0.481 e. The number of benzene rings is 1. The average Bonchev–Trinajstić information content (AvgIpc) is 2.66. The average molecular weight is 288 g/mol. The maximum absolute atomic E-state index is 12.9. The van der Waals surface area contributed by atoms with E-state index in [2.05, 4.69) is 21.2 Å². The summed E-state index contributed by atoms with van der Waals surface area (Å²) in [5, 5.41) is 12.0. The molecule has 2 rings (SSSR count). The number of hydrogen-bond donors (Lipinski definition) is 2. The van der Waals surface area contributed by atoms with Crippen LogP contribution in [0.25, 0.3) is 0 Å². The summed E-state index contributed by atoms with van der Waals surface area (Å²) in [6.45, 7) is 0.462. The molecule has 0 radical (unpaired) electrons. The van der Waals surface area contributed by atoms with Crippen LogP contribution in [0.15, 0.2) is 22.7 Å². The summed E-state index contributed by atoms with van der Waals surface area (Å²) in [5.41, 5.74) is 0.908. The minimum Gasteiger partial charge on any atom is -0.481 e. The van der Waals surface area contributed by atoms with E-state index in [1.54, 1.807) is 6.07 Å². The molecule has 0 aliphatic carbocycles. The van der Waals surface area contributed by atoms with Gasteiger partial charge in [0, 0.05) is 17.1 Å². The lowest BCUT2D eigenvalue weighted by Crippen LogP contribution is -2.17. The van der Waals surface area contributed by atoms with Gasteiger partial charge >= 0.3 is 5.97 Å². The molecular weight excluding hydrogens is 277 g/mol. The van der Waals surface area contributed by atoms with Crippen molar-refractivity contribution in [3.63, 3.8) is 0 Å². The molecule has 0 bridgehead atoms. The Kier molecular flexibility index (Phi) is 3.25. The van der Waals surface area contributed by atoms with E-state index < -0.39 is 5.97 Å². The predicted molar refractivity (Wildman–Crippen MR) is 60.6 cm³/mol. The second-order valence-corrected chi connectivity index (χ2v) is 4.75. The molecule has 2 N–H and O–H groups in total. The van der Waals surface area contributed by atoms with E-state index in [1.165, 1.54) is 12.1 Å². The Balaban J connectivity index is 2.17. The van der Waals surface area contributed by atoms with Crippen LogP contribution in [0, 0.1) is 11.7 Å². The van der Waals surface area contributed by atoms with Crippen LogP contribution in [0.1, 0.15) is 18.0 Å². The third-order valence-electron chi connectivity index (χ3n) is 2.82. The second-order valence-electron chi connectivity index (χ2n) is 3.90. The summed E-state index contributed by atoms with van der Waals surface area (Å²) < 4.78 is 13.6. The van der Waals surface area contributed by atoms with Crippen molar-refractivity contribution in [2.45, 2.75) is 12.5 Å². The normalized spacial score (nSPS) is 24.6. The quantitative estimate of drug-likeness (QED) is 0.878. The predicted octanol–water partition coefficient (Wildman–Crippen LogP) is 2.32. The van der Waals surface area contributed by atoms with Crippen LogP contribution in [0.4, 0.5) is 4.39 Å². The number of hydrogen-bond acceptors (Lipinski definition) is 2. The third kappa shape index (κ3) is 2.25. The van der Waals surface area contributed by atoms with E-state index in [1.807, 2.05) is 0 Å². The molecule has 0 aromatic heterocycles. The van der Waals surface area contributed by atoms with Gasteiger partial charge in [0.15, 0.2) is 0 Å². The monoisotopic (exact) mass is 287 g/mol. The van der Waals surface area contributed by atoms with Crippen LogP contribution in [-0.2, 0) is 4.79 Å². The lowest BCUT2D eigenvalue weighted by Gasteiger charge is -2.12. The van der Waals surface area contributed by atoms with Crippen molar-refractivity contribution in [2.75, 3.05) is 6.54 Å². The maximum atomic E-state index is 12.9. The highest BCUT2D eigenvalue weighted by Gasteiger charge is 2.30. The SMILES string of the molecule is O=C(O)C1CNC(c2ccc(F)cc2Br)C1. The van der Waals surface area contributed by atoms with Crippen LogP contribution < -0.4 is 5.32 Å². The Morgan fingerprint density at radius 3 is 2.88 bits per heavy atom. The summed E-state index contributed by atoms with van der Waals surface area (Å²) in [7, 11) is 0. The Morgan fingerprint density at radius 2 is 2.31 bits per heavy atom. The first-order valence-corrected chi connectivity index (χ1v) is 5.78. The summed E-state index contributed by atoms with van der Waals surface area (Å²) in [4.78, 5) is 10.8. The van der Waals surface area contributed by atoms with Gasteiger partial charge in [-0.25, -0.2) is 4.39 Å². The van der Waals surface area contributed by atoms with E-state index >= 15 is 0 Å². The topological polar surface area (TPSA) is 49.3 Å². The van der Waals surface area contributed by atoms with Gasteiger partial charge in [0.25, 0.3) is 0 Å². The lowest BCUT2D eigenvalue weighted by molar-refractivity contribution is -0.141. The highest BCUT2D eigenvalue weighted by Crippen LogP contribution is 2.32. The van der Waals surface area contributed by atoms with Crippen LogP contribution in [0.2, 0.25) is 0 Å². The molecule has 1 aromatic carbocycles. The molecule has 16 heavy (non-hydrogen) atoms. The molecule has 2 atom stereocenters. The molecule has 0 amide bonds. The van der Waals surface area contributed by atoms with E-state index in [-0.39, 0.29) is 17.8 Å². The Labute approximate surface area is 101 Å². The van der Waals surface area contributed by atoms with Gasteiger partial charge in [0.1, 0.15) is 5.82 Å². The molecule has 1 aliphatic heterocycles. The summed E-state index contributed by atoms with van der Waals surface area (Å²) in [6.07, 6.45) is 0.541. The van der Waals surface area contributed by atoms with Gasteiger partial charge in [-0.2, -0.15) is 0 Å². The van der Waals surface area contributed by atoms with Crippen molar-refractivity contribution in [1.29, 1.82) is 0 Å². The number of carboxylic acids is 1. The van der Waals surface area contributed by atoms with Crippen molar-refractivity contribution in [3.05, 3.63) is 34.1 Å². The standard InChI is InChI=1S/C11H11BrFNO2/c12-9-4-7(13)1-2-8(9)10-3-6(5-14-10)11(15)16/h1-2,4,6,10,14H,3,5H2,(H,15,16). The number of halogens is 2. The van der Waals surface area contributed by atoms with E-state index in [0.717, 1.165) is 5.56 Å². The van der Waals surface area contributed by atoms with Crippen LogP contribution in [0.5, 0.6) is 0 Å². The third-order valence-corrected chi connectivity index (χ3v) is 3.50. The summed E-state index contributed by atoms with van der Waals surface area (Å²) in [6, 6.07) is 4.44. The fraction of sp³-hybridized carbons (Fsp3) is 0.364. The smallest absolute Gasteiger partial charge is 0.307 e. The van der Waals surface area contributed by atoms with Crippen molar-refractivity contribution in [1.82, 2.24) is 5.32 Å². The van der Waals surface area contributed by atoms with Crippen molar-refractivity contribution < 1.29 is 14.3 Å². The molecular formula is C11H11BrFNO2. The Bertz CT molecular complexity index is 424. The highest BCUT2D eigenvalue weighted by molar-refractivity contribution is 9.10. The van der Waals surface area contributed by atoms with Crippen LogP contribution >= 0.6 is 15.9 Å². The Hall–Kier alpha value is -0.940. The van der Waals surface area contributed by atoms with Gasteiger partial charge < -0.3 is 10.4 Å². The van der Waals surface area contributed by atoms with E-state index in [4.69, 9.17) is 5.11 Å². The van der Waals surface area contributed by atoms with Gasteiger partial charge in [0.05, 0.1) is 5.92 Å². The second kappa shape index (κ2) is 4.51. The molecule has 1 heterocycles. The zero-order valence-corrected chi connectivity index (χ0v) is 10.00. The zero-order chi connectivity index (χ0) is 11.7. The molecule has 1 aromatic rings. The van der Waals surface area contributed by atoms with Crippen LogP contribution in [0.3, 0.4) is 0 Å². The zero-order valence-electron chi connectivity index (χ0n) is 8.41. The molecule has 1 aliphatic rings. The minimum atomic E-state index is -0.784. The molecule has 1 saturated heterocycles. The first-order valence-electron chi connectivity index (χ1n) is 4.99. The fourth-order valence-electron chi connectivity index (χ4n) is 1.94. The van der Waals surface area contributed by atoms with Crippen molar-refractivity contribution in [3.8, 4) is 0 Å². The number of carbonyl (C=O) groups is 1. The summed E-state index contributed by atoms with van der Waals surface area (Å²) in [5.74, 6) is -1.45. The molecule has 86 valence electrons. The number of carboxylic acid groups (broad SMARTS) is 1. The Morgan fingerprint density at radius 1 is 1.56 bits per heavy atom. The highest BCUT2D eigenvalue weighted by atomic mass is 79.9. The van der Waals surface area contributed by atoms with Crippen molar-refractivity contribution in [2.24, 2.45) is 5.92 Å². The molecule has 0 spiro atoms. The van der Waals surface area contributed by atoms with Gasteiger partial charge in [0.2, 0.25) is 0 Å². The maximum Gasteiger partial charge on any atom is 0.307 e. The number of aliphatic carboxylic acids is 1.